The molecule has 0 radical (unpaired) electrons. The van der Waals surface area contributed by atoms with Crippen molar-refractivity contribution in [3.05, 3.63) is 29.3 Å². The maximum atomic E-state index is 12.9. The third-order valence-electron chi connectivity index (χ3n) is 7.15. The Morgan fingerprint density at radius 3 is 2.68 bits per heavy atom. The van der Waals surface area contributed by atoms with Crippen LogP contribution in [0.3, 0.4) is 0 Å². The minimum Gasteiger partial charge on any atom is -0.455 e. The molecule has 5 rings (SSSR count). The van der Waals surface area contributed by atoms with Gasteiger partial charge in [0.2, 0.25) is 0 Å². The van der Waals surface area contributed by atoms with Crippen molar-refractivity contribution < 1.29 is 23.9 Å². The average Bonchev–Trinajstić information content (AvgIpc) is 3.38. The summed E-state index contributed by atoms with van der Waals surface area (Å²) < 4.78 is 6.43. The maximum Gasteiger partial charge on any atom is 0.344 e. The van der Waals surface area contributed by atoms with Gasteiger partial charge in [0.25, 0.3) is 11.8 Å². The number of thiazole rings is 1. The molecule has 0 unspecified atom stereocenters. The monoisotopic (exact) mass is 484 g/mol. The predicted molar refractivity (Wildman–Crippen MR) is 125 cm³/mol. The number of imide groups is 1. The molecule has 180 valence electrons. The summed E-state index contributed by atoms with van der Waals surface area (Å²) in [4.78, 5) is 55.2. The van der Waals surface area contributed by atoms with E-state index in [1.54, 1.807) is 11.3 Å². The highest BCUT2D eigenvalue weighted by Gasteiger charge is 2.52. The summed E-state index contributed by atoms with van der Waals surface area (Å²) in [6.07, 6.45) is 7.29. The first-order chi connectivity index (χ1) is 16.5. The van der Waals surface area contributed by atoms with Gasteiger partial charge in [-0.1, -0.05) is 44.2 Å². The Kier molecular flexibility index (Phi) is 6.24. The molecule has 4 amide bonds. The van der Waals surface area contributed by atoms with Crippen molar-refractivity contribution in [2.45, 2.75) is 69.2 Å². The van der Waals surface area contributed by atoms with E-state index in [1.807, 2.05) is 24.3 Å². The van der Waals surface area contributed by atoms with Crippen LogP contribution in [0.5, 0.6) is 0 Å². The Balaban J connectivity index is 1.19. The summed E-state index contributed by atoms with van der Waals surface area (Å²) in [5.74, 6) is -2.01. The molecule has 2 saturated carbocycles. The first-order valence-electron chi connectivity index (χ1n) is 12.0. The van der Waals surface area contributed by atoms with Gasteiger partial charge in [-0.25, -0.2) is 9.78 Å². The molecule has 1 aromatic heterocycles. The summed E-state index contributed by atoms with van der Waals surface area (Å²) in [5, 5.41) is 4.38. The number of urea groups is 1. The molecule has 3 aliphatic rings. The van der Waals surface area contributed by atoms with Gasteiger partial charge in [-0.05, 0) is 37.8 Å². The number of esters is 1. The number of ether oxygens (including phenoxy) is 1. The fraction of sp³-hybridized carbons (Fsp3) is 0.542. The van der Waals surface area contributed by atoms with Crippen molar-refractivity contribution >= 4 is 45.4 Å². The molecule has 2 aromatic rings. The molecule has 10 heteroatoms. The number of amides is 4. The van der Waals surface area contributed by atoms with Gasteiger partial charge in [0.1, 0.15) is 5.54 Å². The van der Waals surface area contributed by atoms with Crippen LogP contribution >= 0.6 is 11.3 Å². The molecule has 2 aliphatic carbocycles. The molecule has 2 N–H and O–H groups in total. The number of nitrogens with one attached hydrogen (secondary N) is 2. The predicted octanol–water partition coefficient (Wildman–Crippen LogP) is 3.40. The Bertz CT molecular complexity index is 1090. The zero-order valence-electron chi connectivity index (χ0n) is 18.9. The molecule has 1 spiro atoms. The van der Waals surface area contributed by atoms with E-state index in [0.717, 1.165) is 58.8 Å². The molecule has 0 bridgehead atoms. The third kappa shape index (κ3) is 4.26. The van der Waals surface area contributed by atoms with E-state index in [9.17, 15) is 19.2 Å². The number of nitrogens with zero attached hydrogens (tertiary/aromatic N) is 2. The number of fused-ring (bicyclic) bond motifs is 1. The summed E-state index contributed by atoms with van der Waals surface area (Å²) >= 11 is 1.59. The lowest BCUT2D eigenvalue weighted by molar-refractivity contribution is -0.155. The highest BCUT2D eigenvalue weighted by Crippen LogP contribution is 2.41. The minimum atomic E-state index is -0.925. The first-order valence-corrected chi connectivity index (χ1v) is 12.8. The number of aromatic nitrogens is 1. The van der Waals surface area contributed by atoms with Crippen molar-refractivity contribution in [2.75, 3.05) is 6.61 Å². The van der Waals surface area contributed by atoms with E-state index < -0.39 is 36.0 Å². The largest absolute Gasteiger partial charge is 0.455 e. The molecule has 1 aliphatic heterocycles. The van der Waals surface area contributed by atoms with Crippen molar-refractivity contribution in [1.29, 1.82) is 0 Å². The molecular weight excluding hydrogens is 456 g/mol. The lowest BCUT2D eigenvalue weighted by Gasteiger charge is -2.30. The van der Waals surface area contributed by atoms with Crippen LogP contribution in [0, 0.1) is 5.92 Å². The summed E-state index contributed by atoms with van der Waals surface area (Å²) in [5.41, 5.74) is 2.31. The lowest BCUT2D eigenvalue weighted by atomic mass is 9.79. The molecule has 1 aromatic carbocycles. The number of hydrogen-bond donors (Lipinski definition) is 2. The van der Waals surface area contributed by atoms with Gasteiger partial charge in [0.15, 0.2) is 6.61 Å². The summed E-state index contributed by atoms with van der Waals surface area (Å²) in [7, 11) is 0. The second-order valence-electron chi connectivity index (χ2n) is 9.37. The van der Waals surface area contributed by atoms with E-state index in [2.05, 4.69) is 10.7 Å². The summed E-state index contributed by atoms with van der Waals surface area (Å²) in [6, 6.07) is 7.25. The molecular formula is C24H28N4O5S. The Labute approximate surface area is 201 Å². The highest BCUT2D eigenvalue weighted by molar-refractivity contribution is 7.18. The Morgan fingerprint density at radius 1 is 1.12 bits per heavy atom. The molecule has 2 heterocycles. The fourth-order valence-corrected chi connectivity index (χ4v) is 6.54. The molecule has 1 saturated heterocycles. The average molecular weight is 485 g/mol. The standard InChI is InChI=1S/C24H28N4O5S/c29-19(27-28-22(31)24(26-23(28)32)12-6-1-7-13-24)14-33-21(30)16-9-3-2-8-15(16)20-25-17-10-4-5-11-18(17)34-20/h4-5,10-11,15-16H,1-3,6-9,12-14H2,(H,26,32)(H,27,29)/t15-,16-/m0/s1. The first kappa shape index (κ1) is 22.8. The normalized spacial score (nSPS) is 24.3. The zero-order valence-corrected chi connectivity index (χ0v) is 19.7. The van der Waals surface area contributed by atoms with E-state index in [1.165, 1.54) is 0 Å². The van der Waals surface area contributed by atoms with Gasteiger partial charge in [0.05, 0.1) is 21.1 Å². The minimum absolute atomic E-state index is 0.0428. The second kappa shape index (κ2) is 9.32. The van der Waals surface area contributed by atoms with E-state index in [4.69, 9.17) is 9.72 Å². The number of para-hydroxylation sites is 1. The van der Waals surface area contributed by atoms with Crippen LogP contribution in [0.4, 0.5) is 4.79 Å². The Hall–Kier alpha value is -3.01. The van der Waals surface area contributed by atoms with E-state index in [-0.39, 0.29) is 11.8 Å². The quantitative estimate of drug-likeness (QED) is 0.496. The van der Waals surface area contributed by atoms with Crippen LogP contribution in [0.1, 0.15) is 68.7 Å². The fourth-order valence-electron chi connectivity index (χ4n) is 5.37. The SMILES string of the molecule is O=C(COC(=O)[C@H]1CCCC[C@@H]1c1nc2ccccc2s1)NN1C(=O)NC2(CCCCC2)C1=O. The van der Waals surface area contributed by atoms with Crippen LogP contribution in [0.2, 0.25) is 0 Å². The summed E-state index contributed by atoms with van der Waals surface area (Å²) in [6.45, 7) is -0.550. The topological polar surface area (TPSA) is 118 Å². The smallest absolute Gasteiger partial charge is 0.344 e. The third-order valence-corrected chi connectivity index (χ3v) is 8.32. The van der Waals surface area contributed by atoms with Gasteiger partial charge in [0, 0.05) is 5.92 Å². The van der Waals surface area contributed by atoms with E-state index >= 15 is 0 Å². The van der Waals surface area contributed by atoms with E-state index in [0.29, 0.717) is 19.3 Å². The maximum absolute atomic E-state index is 12.9. The van der Waals surface area contributed by atoms with Gasteiger partial charge >= 0.3 is 12.0 Å². The van der Waals surface area contributed by atoms with Gasteiger partial charge < -0.3 is 10.1 Å². The molecule has 2 atom stereocenters. The van der Waals surface area contributed by atoms with Crippen molar-refractivity contribution in [3.8, 4) is 0 Å². The highest BCUT2D eigenvalue weighted by atomic mass is 32.1. The Morgan fingerprint density at radius 2 is 1.88 bits per heavy atom. The van der Waals surface area contributed by atoms with Crippen LogP contribution in [0.15, 0.2) is 24.3 Å². The number of rotatable bonds is 5. The van der Waals surface area contributed by atoms with Crippen molar-refractivity contribution in [1.82, 2.24) is 20.7 Å². The van der Waals surface area contributed by atoms with Crippen LogP contribution < -0.4 is 10.7 Å². The van der Waals surface area contributed by atoms with Crippen LogP contribution in [-0.4, -0.2) is 46.0 Å². The molecule has 3 fully saturated rings. The van der Waals surface area contributed by atoms with Gasteiger partial charge in [-0.15, -0.1) is 11.3 Å². The number of benzene rings is 1. The van der Waals surface area contributed by atoms with Crippen LogP contribution in [-0.2, 0) is 19.1 Å². The zero-order chi connectivity index (χ0) is 23.7. The number of hydrazine groups is 1. The lowest BCUT2D eigenvalue weighted by Crippen LogP contribution is -2.51. The number of carbonyl (C=O) groups is 4. The molecule has 34 heavy (non-hydrogen) atoms. The van der Waals surface area contributed by atoms with Crippen molar-refractivity contribution in [2.24, 2.45) is 5.92 Å². The number of hydrogen-bond acceptors (Lipinski definition) is 7. The van der Waals surface area contributed by atoms with Crippen LogP contribution in [0.25, 0.3) is 10.2 Å². The number of carbonyl (C=O) groups excluding carboxylic acids is 4. The van der Waals surface area contributed by atoms with Gasteiger partial charge in [-0.2, -0.15) is 5.01 Å². The van der Waals surface area contributed by atoms with Crippen molar-refractivity contribution in [3.63, 3.8) is 0 Å². The second-order valence-corrected chi connectivity index (χ2v) is 10.4. The molecule has 9 nitrogen and oxygen atoms in total. The van der Waals surface area contributed by atoms with Gasteiger partial charge in [-0.3, -0.25) is 19.8 Å².